The number of hydrogen-bond acceptors (Lipinski definition) is 3. The minimum Gasteiger partial charge on any atom is -0.445 e. The standard InChI is InChI=1S/C20H24N2O2/c21-14-13-19-11-5-4-10-18(19)12-6-7-15-22-20(23)24-16-17-8-2-1-3-9-17/h1-6,8-12H,7,13-16,21H2,(H,22,23). The summed E-state index contributed by atoms with van der Waals surface area (Å²) in [6.45, 7) is 1.47. The summed E-state index contributed by atoms with van der Waals surface area (Å²) in [6.07, 6.45) is 5.34. The molecule has 4 nitrogen and oxygen atoms in total. The van der Waals surface area contributed by atoms with Crippen LogP contribution in [-0.2, 0) is 17.8 Å². The first kappa shape index (κ1) is 17.8. The van der Waals surface area contributed by atoms with Crippen LogP contribution >= 0.6 is 0 Å². The Bertz CT molecular complexity index is 654. The number of carbonyl (C=O) groups is 1. The highest BCUT2D eigenvalue weighted by atomic mass is 16.5. The van der Waals surface area contributed by atoms with E-state index >= 15 is 0 Å². The Labute approximate surface area is 143 Å². The Hall–Kier alpha value is -2.59. The molecule has 0 aromatic heterocycles. The van der Waals surface area contributed by atoms with Gasteiger partial charge in [-0.2, -0.15) is 0 Å². The van der Waals surface area contributed by atoms with E-state index in [9.17, 15) is 4.79 Å². The number of rotatable bonds is 8. The van der Waals surface area contributed by atoms with Crippen LogP contribution in [-0.4, -0.2) is 19.2 Å². The molecule has 0 fully saturated rings. The normalized spacial score (nSPS) is 10.7. The van der Waals surface area contributed by atoms with Crippen LogP contribution in [0.2, 0.25) is 0 Å². The second-order valence-electron chi connectivity index (χ2n) is 5.42. The summed E-state index contributed by atoms with van der Waals surface area (Å²) in [5, 5.41) is 2.75. The number of nitrogens with two attached hydrogens (primary N) is 1. The Morgan fingerprint density at radius 2 is 1.83 bits per heavy atom. The Balaban J connectivity index is 1.68. The summed E-state index contributed by atoms with van der Waals surface area (Å²) < 4.78 is 5.16. The number of alkyl carbamates (subject to hydrolysis) is 1. The van der Waals surface area contributed by atoms with Crippen LogP contribution in [0.25, 0.3) is 6.08 Å². The van der Waals surface area contributed by atoms with Gasteiger partial charge in [0.2, 0.25) is 0 Å². The molecular formula is C20H24N2O2. The van der Waals surface area contributed by atoms with Crippen LogP contribution in [0.15, 0.2) is 60.7 Å². The lowest BCUT2D eigenvalue weighted by atomic mass is 10.0. The SMILES string of the molecule is NCCc1ccccc1C=CCCNC(=O)OCc1ccccc1. The first-order chi connectivity index (χ1) is 11.8. The molecule has 0 aliphatic rings. The minimum atomic E-state index is -0.393. The van der Waals surface area contributed by atoms with Gasteiger partial charge in [-0.15, -0.1) is 0 Å². The summed E-state index contributed by atoms with van der Waals surface area (Å²) in [6, 6.07) is 17.8. The maximum atomic E-state index is 11.6. The Morgan fingerprint density at radius 3 is 2.62 bits per heavy atom. The maximum absolute atomic E-state index is 11.6. The van der Waals surface area contributed by atoms with Gasteiger partial charge in [-0.25, -0.2) is 4.79 Å². The molecule has 4 heteroatoms. The van der Waals surface area contributed by atoms with Crippen LogP contribution < -0.4 is 11.1 Å². The summed E-state index contributed by atoms with van der Waals surface area (Å²) in [5.74, 6) is 0. The fourth-order valence-corrected chi connectivity index (χ4v) is 2.32. The van der Waals surface area contributed by atoms with Gasteiger partial charge >= 0.3 is 6.09 Å². The maximum Gasteiger partial charge on any atom is 0.407 e. The van der Waals surface area contributed by atoms with Crippen LogP contribution in [0, 0.1) is 0 Å². The molecule has 0 radical (unpaired) electrons. The fraction of sp³-hybridized carbons (Fsp3) is 0.250. The zero-order valence-electron chi connectivity index (χ0n) is 13.8. The average Bonchev–Trinajstić information content (AvgIpc) is 2.62. The molecule has 0 aliphatic heterocycles. The Kier molecular flexibility index (Phi) is 7.57. The van der Waals surface area contributed by atoms with Crippen LogP contribution in [0.5, 0.6) is 0 Å². The van der Waals surface area contributed by atoms with Crippen molar-refractivity contribution in [2.45, 2.75) is 19.4 Å². The van der Waals surface area contributed by atoms with Crippen molar-refractivity contribution in [3.8, 4) is 0 Å². The molecule has 0 atom stereocenters. The van der Waals surface area contributed by atoms with Crippen LogP contribution in [0.1, 0.15) is 23.1 Å². The van der Waals surface area contributed by atoms with Gasteiger partial charge in [-0.3, -0.25) is 0 Å². The van der Waals surface area contributed by atoms with E-state index in [1.807, 2.05) is 48.5 Å². The van der Waals surface area contributed by atoms with E-state index in [2.05, 4.69) is 23.5 Å². The zero-order chi connectivity index (χ0) is 17.0. The predicted octanol–water partition coefficient (Wildman–Crippen LogP) is 3.52. The number of hydrogen-bond donors (Lipinski definition) is 2. The van der Waals surface area contributed by atoms with Crippen molar-refractivity contribution >= 4 is 12.2 Å². The fourth-order valence-electron chi connectivity index (χ4n) is 2.32. The molecule has 0 spiro atoms. The molecule has 0 bridgehead atoms. The number of ether oxygens (including phenoxy) is 1. The van der Waals surface area contributed by atoms with Crippen molar-refractivity contribution in [2.24, 2.45) is 5.73 Å². The van der Waals surface area contributed by atoms with Gasteiger partial charge in [0.05, 0.1) is 0 Å². The quantitative estimate of drug-likeness (QED) is 0.730. The molecule has 1 amide bonds. The van der Waals surface area contributed by atoms with Gasteiger partial charge in [0.15, 0.2) is 0 Å². The average molecular weight is 324 g/mol. The molecule has 0 saturated carbocycles. The molecular weight excluding hydrogens is 300 g/mol. The van der Waals surface area contributed by atoms with Crippen molar-refractivity contribution in [2.75, 3.05) is 13.1 Å². The monoisotopic (exact) mass is 324 g/mol. The number of benzene rings is 2. The summed E-state index contributed by atoms with van der Waals surface area (Å²) in [4.78, 5) is 11.6. The van der Waals surface area contributed by atoms with Gasteiger partial charge in [0.25, 0.3) is 0 Å². The lowest BCUT2D eigenvalue weighted by Gasteiger charge is -2.06. The van der Waals surface area contributed by atoms with Gasteiger partial charge in [0.1, 0.15) is 6.61 Å². The molecule has 2 aromatic rings. The van der Waals surface area contributed by atoms with Gasteiger partial charge in [0, 0.05) is 6.54 Å². The molecule has 24 heavy (non-hydrogen) atoms. The second-order valence-corrected chi connectivity index (χ2v) is 5.42. The van der Waals surface area contributed by atoms with E-state index in [0.717, 1.165) is 18.4 Å². The van der Waals surface area contributed by atoms with E-state index in [1.54, 1.807) is 0 Å². The third kappa shape index (κ3) is 6.26. The third-order valence-corrected chi connectivity index (χ3v) is 3.56. The molecule has 0 aliphatic carbocycles. The lowest BCUT2D eigenvalue weighted by molar-refractivity contribution is 0.140. The minimum absolute atomic E-state index is 0.287. The smallest absolute Gasteiger partial charge is 0.407 e. The molecule has 126 valence electrons. The number of nitrogens with one attached hydrogen (secondary N) is 1. The molecule has 2 aromatic carbocycles. The van der Waals surface area contributed by atoms with Gasteiger partial charge in [-0.1, -0.05) is 66.7 Å². The van der Waals surface area contributed by atoms with Gasteiger partial charge < -0.3 is 15.8 Å². The first-order valence-corrected chi connectivity index (χ1v) is 8.18. The van der Waals surface area contributed by atoms with E-state index in [1.165, 1.54) is 11.1 Å². The first-order valence-electron chi connectivity index (χ1n) is 8.18. The zero-order valence-corrected chi connectivity index (χ0v) is 13.8. The highest BCUT2D eigenvalue weighted by Gasteiger charge is 2.01. The third-order valence-electron chi connectivity index (χ3n) is 3.56. The van der Waals surface area contributed by atoms with E-state index < -0.39 is 6.09 Å². The number of carbonyl (C=O) groups excluding carboxylic acids is 1. The van der Waals surface area contributed by atoms with Crippen molar-refractivity contribution in [3.05, 3.63) is 77.4 Å². The number of amides is 1. The summed E-state index contributed by atoms with van der Waals surface area (Å²) >= 11 is 0. The van der Waals surface area contributed by atoms with Crippen molar-refractivity contribution in [1.29, 1.82) is 0 Å². The van der Waals surface area contributed by atoms with Crippen molar-refractivity contribution < 1.29 is 9.53 Å². The molecule has 3 N–H and O–H groups in total. The molecule has 2 rings (SSSR count). The van der Waals surface area contributed by atoms with Gasteiger partial charge in [-0.05, 0) is 36.1 Å². The second kappa shape index (κ2) is 10.2. The highest BCUT2D eigenvalue weighted by Crippen LogP contribution is 2.11. The highest BCUT2D eigenvalue weighted by molar-refractivity contribution is 5.67. The largest absolute Gasteiger partial charge is 0.445 e. The van der Waals surface area contributed by atoms with E-state index in [-0.39, 0.29) is 6.61 Å². The van der Waals surface area contributed by atoms with Crippen molar-refractivity contribution in [1.82, 2.24) is 5.32 Å². The Morgan fingerprint density at radius 1 is 1.08 bits per heavy atom. The van der Waals surface area contributed by atoms with Crippen molar-refractivity contribution in [3.63, 3.8) is 0 Å². The molecule has 0 saturated heterocycles. The summed E-state index contributed by atoms with van der Waals surface area (Å²) in [7, 11) is 0. The topological polar surface area (TPSA) is 64.3 Å². The summed E-state index contributed by atoms with van der Waals surface area (Å²) in [5.41, 5.74) is 9.02. The van der Waals surface area contributed by atoms with E-state index in [4.69, 9.17) is 10.5 Å². The molecule has 0 unspecified atom stereocenters. The lowest BCUT2D eigenvalue weighted by Crippen LogP contribution is -2.24. The van der Waals surface area contributed by atoms with E-state index in [0.29, 0.717) is 13.1 Å². The molecule has 0 heterocycles. The van der Waals surface area contributed by atoms with Crippen LogP contribution in [0.3, 0.4) is 0 Å². The van der Waals surface area contributed by atoms with Crippen LogP contribution in [0.4, 0.5) is 4.79 Å². The predicted molar refractivity (Wildman–Crippen MR) is 97.5 cm³/mol.